The second-order valence-corrected chi connectivity index (χ2v) is 3.96. The molecule has 1 aliphatic carbocycles. The lowest BCUT2D eigenvalue weighted by atomic mass is 9.83. The maximum atomic E-state index is 12.2. The first-order chi connectivity index (χ1) is 6.43. The van der Waals surface area contributed by atoms with Crippen molar-refractivity contribution in [1.82, 2.24) is 0 Å². The van der Waals surface area contributed by atoms with Gasteiger partial charge in [-0.1, -0.05) is 19.3 Å². The number of aliphatic hydroxyl groups excluding tert-OH is 1. The van der Waals surface area contributed by atoms with Gasteiger partial charge in [-0.25, -0.2) is 0 Å². The summed E-state index contributed by atoms with van der Waals surface area (Å²) in [5, 5.41) is 9.43. The summed E-state index contributed by atoms with van der Waals surface area (Å²) in [4.78, 5) is 0. The van der Waals surface area contributed by atoms with Crippen LogP contribution in [0.15, 0.2) is 0 Å². The number of hydrogen-bond acceptors (Lipinski definition) is 2. The van der Waals surface area contributed by atoms with Crippen LogP contribution in [0.4, 0.5) is 13.2 Å². The van der Waals surface area contributed by atoms with E-state index < -0.39 is 18.3 Å². The van der Waals surface area contributed by atoms with Gasteiger partial charge < -0.3 is 10.8 Å². The van der Waals surface area contributed by atoms with Crippen LogP contribution in [0.1, 0.15) is 32.1 Å². The molecule has 0 heterocycles. The second-order valence-electron chi connectivity index (χ2n) is 3.96. The van der Waals surface area contributed by atoms with Crippen molar-refractivity contribution in [3.63, 3.8) is 0 Å². The third-order valence-corrected chi connectivity index (χ3v) is 2.88. The predicted octanol–water partition coefficient (Wildman–Crippen LogP) is 1.82. The zero-order valence-electron chi connectivity index (χ0n) is 7.93. The molecule has 14 heavy (non-hydrogen) atoms. The zero-order valence-corrected chi connectivity index (χ0v) is 7.93. The summed E-state index contributed by atoms with van der Waals surface area (Å²) in [6, 6.07) is -2.09. The topological polar surface area (TPSA) is 46.2 Å². The molecule has 84 valence electrons. The fraction of sp³-hybridized carbons (Fsp3) is 1.00. The highest BCUT2D eigenvalue weighted by Crippen LogP contribution is 2.31. The van der Waals surface area contributed by atoms with Gasteiger partial charge in [0.25, 0.3) is 0 Å². The van der Waals surface area contributed by atoms with Gasteiger partial charge in [0.05, 0.1) is 6.10 Å². The molecule has 2 nitrogen and oxygen atoms in total. The first-order valence-electron chi connectivity index (χ1n) is 4.93. The molecule has 0 aromatic carbocycles. The van der Waals surface area contributed by atoms with Crippen LogP contribution in [-0.4, -0.2) is 23.4 Å². The highest BCUT2D eigenvalue weighted by molar-refractivity contribution is 4.85. The number of rotatable bonds is 2. The van der Waals surface area contributed by atoms with Crippen LogP contribution in [0, 0.1) is 5.92 Å². The van der Waals surface area contributed by atoms with Crippen LogP contribution in [0.5, 0.6) is 0 Å². The average molecular weight is 211 g/mol. The van der Waals surface area contributed by atoms with E-state index >= 15 is 0 Å². The normalized spacial score (nSPS) is 24.6. The SMILES string of the molecule is N[C@H]([C@H](O)C1CCCCC1)C(F)(F)F. The monoisotopic (exact) mass is 211 g/mol. The van der Waals surface area contributed by atoms with Crippen molar-refractivity contribution in [2.45, 2.75) is 50.4 Å². The maximum absolute atomic E-state index is 12.2. The summed E-state index contributed by atoms with van der Waals surface area (Å²) < 4.78 is 36.5. The summed E-state index contributed by atoms with van der Waals surface area (Å²) in [7, 11) is 0. The summed E-state index contributed by atoms with van der Waals surface area (Å²) >= 11 is 0. The number of hydrogen-bond donors (Lipinski definition) is 2. The fourth-order valence-electron chi connectivity index (χ4n) is 1.96. The van der Waals surface area contributed by atoms with Crippen LogP contribution in [0.25, 0.3) is 0 Å². The van der Waals surface area contributed by atoms with Crippen molar-refractivity contribution in [3.8, 4) is 0 Å². The van der Waals surface area contributed by atoms with Crippen molar-refractivity contribution in [2.75, 3.05) is 0 Å². The summed E-state index contributed by atoms with van der Waals surface area (Å²) in [6.45, 7) is 0. The van der Waals surface area contributed by atoms with Crippen molar-refractivity contribution < 1.29 is 18.3 Å². The van der Waals surface area contributed by atoms with Crippen molar-refractivity contribution in [1.29, 1.82) is 0 Å². The Balaban J connectivity index is 2.50. The largest absolute Gasteiger partial charge is 0.406 e. The molecule has 1 fully saturated rings. The van der Waals surface area contributed by atoms with Crippen LogP contribution in [0.2, 0.25) is 0 Å². The highest BCUT2D eigenvalue weighted by Gasteiger charge is 2.44. The Hall–Kier alpha value is -0.290. The minimum Gasteiger partial charge on any atom is -0.391 e. The van der Waals surface area contributed by atoms with Gasteiger partial charge in [-0.15, -0.1) is 0 Å². The van der Waals surface area contributed by atoms with E-state index in [1.165, 1.54) is 0 Å². The number of nitrogens with two attached hydrogens (primary N) is 1. The van der Waals surface area contributed by atoms with Gasteiger partial charge in [-0.2, -0.15) is 13.2 Å². The van der Waals surface area contributed by atoms with Crippen LogP contribution in [0.3, 0.4) is 0 Å². The molecule has 1 saturated carbocycles. The van der Waals surface area contributed by atoms with E-state index in [2.05, 4.69) is 0 Å². The van der Waals surface area contributed by atoms with Gasteiger partial charge in [0, 0.05) is 0 Å². The molecule has 0 radical (unpaired) electrons. The van der Waals surface area contributed by atoms with E-state index in [-0.39, 0.29) is 5.92 Å². The Bertz CT molecular complexity index is 177. The van der Waals surface area contributed by atoms with Crippen molar-refractivity contribution in [2.24, 2.45) is 11.7 Å². The van der Waals surface area contributed by atoms with E-state index in [9.17, 15) is 18.3 Å². The molecule has 0 aliphatic heterocycles. The second kappa shape index (κ2) is 4.49. The Morgan fingerprint density at radius 3 is 2.07 bits per heavy atom. The van der Waals surface area contributed by atoms with Crippen LogP contribution in [-0.2, 0) is 0 Å². The molecule has 0 spiro atoms. The minimum atomic E-state index is -4.49. The molecule has 0 aromatic heterocycles. The lowest BCUT2D eigenvalue weighted by molar-refractivity contribution is -0.176. The highest BCUT2D eigenvalue weighted by atomic mass is 19.4. The van der Waals surface area contributed by atoms with Gasteiger partial charge in [-0.3, -0.25) is 0 Å². The Morgan fingerprint density at radius 2 is 1.64 bits per heavy atom. The smallest absolute Gasteiger partial charge is 0.391 e. The van der Waals surface area contributed by atoms with Crippen molar-refractivity contribution >= 4 is 0 Å². The molecular formula is C9H16F3NO. The van der Waals surface area contributed by atoms with E-state index in [1.807, 2.05) is 0 Å². The molecule has 5 heteroatoms. The molecule has 0 unspecified atom stereocenters. The fourth-order valence-corrected chi connectivity index (χ4v) is 1.96. The van der Waals surface area contributed by atoms with E-state index in [0.717, 1.165) is 19.3 Å². The number of aliphatic hydroxyl groups is 1. The van der Waals surface area contributed by atoms with Crippen molar-refractivity contribution in [3.05, 3.63) is 0 Å². The molecule has 0 aromatic rings. The van der Waals surface area contributed by atoms with Gasteiger partial charge in [0.1, 0.15) is 6.04 Å². The number of alkyl halides is 3. The van der Waals surface area contributed by atoms with E-state index in [0.29, 0.717) is 12.8 Å². The lowest BCUT2D eigenvalue weighted by Gasteiger charge is -2.31. The average Bonchev–Trinajstić information content (AvgIpc) is 2.15. The Morgan fingerprint density at radius 1 is 1.14 bits per heavy atom. The minimum absolute atomic E-state index is 0.277. The summed E-state index contributed by atoms with van der Waals surface area (Å²) in [6.07, 6.45) is -1.77. The number of halogens is 3. The van der Waals surface area contributed by atoms with Gasteiger partial charge in [0.2, 0.25) is 0 Å². The summed E-state index contributed by atoms with van der Waals surface area (Å²) in [5.74, 6) is -0.277. The molecule has 2 atom stereocenters. The quantitative estimate of drug-likeness (QED) is 0.731. The molecule has 0 bridgehead atoms. The first kappa shape index (κ1) is 11.8. The predicted molar refractivity (Wildman–Crippen MR) is 46.6 cm³/mol. The lowest BCUT2D eigenvalue weighted by Crippen LogP contribution is -2.50. The molecule has 1 rings (SSSR count). The van der Waals surface area contributed by atoms with Gasteiger partial charge >= 0.3 is 6.18 Å². The Kier molecular flexibility index (Phi) is 3.78. The van der Waals surface area contributed by atoms with Gasteiger partial charge in [-0.05, 0) is 18.8 Å². The molecule has 0 saturated heterocycles. The van der Waals surface area contributed by atoms with Gasteiger partial charge in [0.15, 0.2) is 0 Å². The molecular weight excluding hydrogens is 195 g/mol. The standard InChI is InChI=1S/C9H16F3NO/c10-9(11,12)8(13)7(14)6-4-2-1-3-5-6/h6-8,14H,1-5,13H2/t7-,8-/m1/s1. The van der Waals surface area contributed by atoms with Crippen LogP contribution < -0.4 is 5.73 Å². The maximum Gasteiger partial charge on any atom is 0.406 e. The first-order valence-corrected chi connectivity index (χ1v) is 4.93. The van der Waals surface area contributed by atoms with Crippen LogP contribution >= 0.6 is 0 Å². The molecule has 1 aliphatic rings. The molecule has 0 amide bonds. The van der Waals surface area contributed by atoms with E-state index in [4.69, 9.17) is 5.73 Å². The third-order valence-electron chi connectivity index (χ3n) is 2.88. The molecule has 3 N–H and O–H groups in total. The van der Waals surface area contributed by atoms with E-state index in [1.54, 1.807) is 0 Å². The zero-order chi connectivity index (χ0) is 10.8. The third kappa shape index (κ3) is 2.85. The Labute approximate surface area is 81.3 Å². The summed E-state index contributed by atoms with van der Waals surface area (Å²) in [5.41, 5.74) is 4.95.